The number of aromatic nitrogens is 9. The summed E-state index contributed by atoms with van der Waals surface area (Å²) in [5.41, 5.74) is -4.61. The molecule has 7 aromatic rings. The summed E-state index contributed by atoms with van der Waals surface area (Å²) in [4.78, 5) is 4.38. The van der Waals surface area contributed by atoms with Gasteiger partial charge in [-0.2, -0.15) is 13.2 Å². The zero-order valence-electron chi connectivity index (χ0n) is 23.8. The van der Waals surface area contributed by atoms with Gasteiger partial charge in [-0.3, -0.25) is 0 Å². The van der Waals surface area contributed by atoms with Gasteiger partial charge in [-0.25, -0.2) is 28.8 Å². The summed E-state index contributed by atoms with van der Waals surface area (Å²) in [5, 5.41) is 22.6. The zero-order chi connectivity index (χ0) is 34.0. The zero-order valence-corrected chi connectivity index (χ0v) is 29.2. The van der Waals surface area contributed by atoms with Gasteiger partial charge in [0, 0.05) is 51.4 Å². The van der Waals surface area contributed by atoms with E-state index >= 15 is 0 Å². The van der Waals surface area contributed by atoms with Crippen molar-refractivity contribution in [2.75, 3.05) is 0 Å². The molecule has 0 fully saturated rings. The Morgan fingerprint density at radius 1 is 0.714 bits per heavy atom. The van der Waals surface area contributed by atoms with Gasteiger partial charge in [-0.15, -0.1) is 35.0 Å². The molecule has 49 heavy (non-hydrogen) atoms. The molecule has 0 N–H and O–H groups in total. The van der Waals surface area contributed by atoms with Crippen molar-refractivity contribution < 1.29 is 51.3 Å². The van der Waals surface area contributed by atoms with Crippen LogP contribution in [0.3, 0.4) is 0 Å². The quantitative estimate of drug-likeness (QED) is 0.0657. The van der Waals surface area contributed by atoms with E-state index < -0.39 is 22.3 Å². The van der Waals surface area contributed by atoms with Crippen LogP contribution in [-0.4, -0.2) is 68.9 Å². The Balaban J connectivity index is 0.000000229. The first-order chi connectivity index (χ1) is 22.2. The van der Waals surface area contributed by atoms with Crippen molar-refractivity contribution in [2.24, 2.45) is 0 Å². The molecule has 0 aliphatic carbocycles. The number of hydrogen-bond acceptors (Lipinski definition) is 8. The number of pyridine rings is 1. The number of hydrogen-bond donors (Lipinski definition) is 0. The molecule has 5 heterocycles. The summed E-state index contributed by atoms with van der Waals surface area (Å²) >= 11 is 24.4. The molecular weight excluding hydrogens is 853 g/mol. The van der Waals surface area contributed by atoms with Crippen LogP contribution < -0.4 is 4.70 Å². The molecule has 0 radical (unpaired) electrons. The molecule has 5 aromatic heterocycles. The van der Waals surface area contributed by atoms with Crippen LogP contribution in [0.5, 0.6) is 0 Å². The second-order valence-corrected chi connectivity index (χ2v) is 12.5. The third-order valence-corrected chi connectivity index (χ3v) is 7.74. The van der Waals surface area contributed by atoms with E-state index in [0.717, 1.165) is 10.9 Å². The molecular formula is C26H16BCl4F4N9O3PdS-4. The maximum atomic E-state index is 10.7. The Labute approximate surface area is 308 Å². The van der Waals surface area contributed by atoms with Gasteiger partial charge in [-0.1, -0.05) is 64.6 Å². The second kappa shape index (κ2) is 16.0. The van der Waals surface area contributed by atoms with Crippen LogP contribution >= 0.6 is 46.4 Å². The van der Waals surface area contributed by atoms with Gasteiger partial charge in [0.1, 0.15) is 0 Å². The minimum Gasteiger partial charge on any atom is -1.00 e. The van der Waals surface area contributed by atoms with E-state index in [-0.39, 0.29) is 25.1 Å². The van der Waals surface area contributed by atoms with E-state index in [1.807, 2.05) is 24.4 Å². The molecule has 12 nitrogen and oxygen atoms in total. The molecule has 7 rings (SSSR count). The summed E-state index contributed by atoms with van der Waals surface area (Å²) in [6.07, 6.45) is 14.3. The fraction of sp³-hybridized carbons (Fsp3) is 0.0385. The molecule has 0 spiro atoms. The summed E-state index contributed by atoms with van der Waals surface area (Å²) in [5.74, 6) is 0. The van der Waals surface area contributed by atoms with Crippen molar-refractivity contribution in [3.63, 3.8) is 0 Å². The molecule has 0 saturated carbocycles. The van der Waals surface area contributed by atoms with Gasteiger partial charge in [0.05, 0.1) is 44.9 Å². The average Bonchev–Trinajstić information content (AvgIpc) is 3.84. The SMILES string of the molecule is Clc1cnn([B-](n2cc(Cl)cn2)(n2cc(Cl)cn2)n2cc(Cl)cn2)c1.O=S(=O)([O-])C(F)(F)F.[F-].[Pd].[c-]1cccc2ccc3cccnc3c12. The normalized spacial score (nSPS) is 11.5. The second-order valence-electron chi connectivity index (χ2n) is 9.42. The molecule has 0 unspecified atom stereocenters. The molecule has 0 aliphatic rings. The Morgan fingerprint density at radius 3 is 1.47 bits per heavy atom. The molecule has 0 saturated heterocycles. The van der Waals surface area contributed by atoms with Crippen LogP contribution in [0.15, 0.2) is 98.2 Å². The number of halogens is 8. The van der Waals surface area contributed by atoms with Crippen molar-refractivity contribution in [2.45, 2.75) is 5.51 Å². The van der Waals surface area contributed by atoms with Gasteiger partial charge in [0.2, 0.25) is 0 Å². The smallest absolute Gasteiger partial charge is 0.485 e. The maximum absolute atomic E-state index is 10.7. The van der Waals surface area contributed by atoms with Crippen molar-refractivity contribution in [1.29, 1.82) is 0 Å². The van der Waals surface area contributed by atoms with Crippen molar-refractivity contribution >= 4 is 84.9 Å². The van der Waals surface area contributed by atoms with E-state index in [2.05, 4.69) is 55.7 Å². The molecule has 2 aromatic carbocycles. The first kappa shape index (κ1) is 39.9. The Bertz CT molecular complexity index is 2060. The van der Waals surface area contributed by atoms with E-state index in [4.69, 9.17) is 59.4 Å². The fourth-order valence-electron chi connectivity index (χ4n) is 4.48. The number of alkyl halides is 3. The Hall–Kier alpha value is -3.53. The number of benzene rings is 2. The van der Waals surface area contributed by atoms with Gasteiger partial charge in [0.15, 0.2) is 10.1 Å². The number of fused-ring (bicyclic) bond motifs is 3. The molecule has 0 aliphatic heterocycles. The summed E-state index contributed by atoms with van der Waals surface area (Å²) in [6.45, 7) is -2.25. The van der Waals surface area contributed by atoms with Gasteiger partial charge >= 0.3 is 12.2 Å². The van der Waals surface area contributed by atoms with Crippen LogP contribution in [0.2, 0.25) is 20.1 Å². The van der Waals surface area contributed by atoms with Gasteiger partial charge in [0.25, 0.3) is 0 Å². The van der Waals surface area contributed by atoms with Crippen LogP contribution in [0.25, 0.3) is 21.7 Å². The number of nitrogens with zero attached hydrogens (tertiary/aromatic N) is 9. The minimum atomic E-state index is -6.09. The summed E-state index contributed by atoms with van der Waals surface area (Å²) < 4.78 is 65.2. The predicted molar refractivity (Wildman–Crippen MR) is 170 cm³/mol. The summed E-state index contributed by atoms with van der Waals surface area (Å²) in [7, 11) is -6.09. The summed E-state index contributed by atoms with van der Waals surface area (Å²) in [6, 6.07) is 17.5. The van der Waals surface area contributed by atoms with Crippen molar-refractivity contribution in [3.8, 4) is 0 Å². The van der Waals surface area contributed by atoms with E-state index in [9.17, 15) is 13.2 Å². The predicted octanol–water partition coefficient (Wildman–Crippen LogP) is 3.26. The van der Waals surface area contributed by atoms with Crippen LogP contribution in [0.1, 0.15) is 0 Å². The molecule has 262 valence electrons. The Morgan fingerprint density at radius 2 is 1.10 bits per heavy atom. The maximum Gasteiger partial charge on any atom is 0.485 e. The van der Waals surface area contributed by atoms with E-state index in [1.54, 1.807) is 43.2 Å². The molecule has 0 amide bonds. The van der Waals surface area contributed by atoms with Crippen molar-refractivity contribution in [3.05, 3.63) is 124 Å². The molecule has 0 atom stereocenters. The topological polar surface area (TPSA) is 141 Å². The largest absolute Gasteiger partial charge is 1.00 e. The number of rotatable bonds is 4. The van der Waals surface area contributed by atoms with Crippen LogP contribution in [0, 0.1) is 6.07 Å². The van der Waals surface area contributed by atoms with Crippen LogP contribution in [-0.2, 0) is 30.5 Å². The van der Waals surface area contributed by atoms with Gasteiger partial charge in [-0.05, 0) is 17.0 Å². The van der Waals surface area contributed by atoms with Gasteiger partial charge < -0.3 is 32.6 Å². The first-order valence-electron chi connectivity index (χ1n) is 12.8. The minimum absolute atomic E-state index is 0. The van der Waals surface area contributed by atoms with E-state index in [0.29, 0.717) is 20.1 Å². The monoisotopic (exact) mass is 867 g/mol. The molecule has 23 heteroatoms. The first-order valence-corrected chi connectivity index (χ1v) is 15.7. The third-order valence-electron chi connectivity index (χ3n) is 6.39. The van der Waals surface area contributed by atoms with E-state index in [1.165, 1.54) is 35.6 Å². The standard InChI is InChI=1S/C13H8N.C12H8BCl4N8.CHF3O3S.FH.Pd/c1-2-6-12-10(4-1)7-8-11-5-3-9-14-13(11)12;14-9-1-18-22(5-9)13(23-6-10(15)2-19-23,24-7-11(16)3-20-24)25-8-12(17)4-21-25;2-1(3,4)8(5,6)7;;/h1-5,7-9H;1-8H;(H,5,6,7);1H;/q2*-1;;;/p-2. The average molecular weight is 870 g/mol. The third kappa shape index (κ3) is 8.62. The fourth-order valence-corrected chi connectivity index (χ4v) is 5.05. The van der Waals surface area contributed by atoms with Crippen molar-refractivity contribution in [1.82, 2.24) is 43.7 Å². The Kier molecular flexibility index (Phi) is 13.0. The van der Waals surface area contributed by atoms with Crippen LogP contribution in [0.4, 0.5) is 13.2 Å². The molecule has 0 bridgehead atoms.